The smallest absolute Gasteiger partial charge is 0.343 e. The summed E-state index contributed by atoms with van der Waals surface area (Å²) in [5.74, 6) is 0.602. The summed E-state index contributed by atoms with van der Waals surface area (Å²) in [4.78, 5) is 15.7. The van der Waals surface area contributed by atoms with Gasteiger partial charge in [0.1, 0.15) is 5.75 Å². The van der Waals surface area contributed by atoms with Crippen molar-refractivity contribution >= 4 is 33.8 Å². The van der Waals surface area contributed by atoms with Gasteiger partial charge in [0.05, 0.1) is 11.3 Å². The zero-order valence-corrected chi connectivity index (χ0v) is 36.6. The highest BCUT2D eigenvalue weighted by Crippen LogP contribution is 2.51. The lowest BCUT2D eigenvalue weighted by molar-refractivity contribution is 0.0734. The molecule has 0 bridgehead atoms. The quantitative estimate of drug-likeness (QED) is 0.108. The lowest BCUT2D eigenvalue weighted by Crippen LogP contribution is -2.17. The Labute approximate surface area is 361 Å². The van der Waals surface area contributed by atoms with Crippen LogP contribution in [0, 0.1) is 20.8 Å². The molecule has 0 spiro atoms. The molecule has 0 heterocycles. The number of aryl methyl sites for hydroxylation is 4. The van der Waals surface area contributed by atoms with Crippen LogP contribution in [0.3, 0.4) is 0 Å². The third-order valence-electron chi connectivity index (χ3n) is 12.9. The van der Waals surface area contributed by atoms with E-state index in [1.165, 1.54) is 66.4 Å². The summed E-state index contributed by atoms with van der Waals surface area (Å²) < 4.78 is 5.85. The number of carbonyl (C=O) groups is 1. The monoisotopic (exact) mass is 795 g/mol. The SMILES string of the molecule is CCc1ccc(C(C)C)cc1-c1ccc(OC(=O)c2ccc(-c3ccc(N(c4ccc5c(c4)C(C)(C)c4cc(C)ccc4-5)c4ccc(C)c5c(C)cccc45)cc3)cc2)cc1. The summed E-state index contributed by atoms with van der Waals surface area (Å²) >= 11 is 0. The lowest BCUT2D eigenvalue weighted by Gasteiger charge is -2.29. The van der Waals surface area contributed by atoms with Gasteiger partial charge in [-0.05, 0) is 160 Å². The molecule has 3 heteroatoms. The van der Waals surface area contributed by atoms with Crippen molar-refractivity contribution in [3.8, 4) is 39.1 Å². The first-order valence-electron chi connectivity index (χ1n) is 21.6. The summed E-state index contributed by atoms with van der Waals surface area (Å²) in [6.45, 7) is 17.9. The Morgan fingerprint density at radius 3 is 1.92 bits per heavy atom. The minimum Gasteiger partial charge on any atom is -0.423 e. The largest absolute Gasteiger partial charge is 0.423 e. The molecular weight excluding hydrogens is 743 g/mol. The minimum atomic E-state index is -0.377. The van der Waals surface area contributed by atoms with E-state index in [1.807, 2.05) is 48.5 Å². The Hall–Kier alpha value is -6.71. The van der Waals surface area contributed by atoms with Crippen molar-refractivity contribution < 1.29 is 9.53 Å². The Kier molecular flexibility index (Phi) is 10.2. The number of nitrogens with zero attached hydrogens (tertiary/aromatic N) is 1. The van der Waals surface area contributed by atoms with E-state index in [1.54, 1.807) is 0 Å². The highest BCUT2D eigenvalue weighted by atomic mass is 16.5. The molecule has 0 aliphatic heterocycles. The van der Waals surface area contributed by atoms with Crippen LogP contribution in [0.1, 0.15) is 89.8 Å². The number of benzene rings is 8. The fourth-order valence-corrected chi connectivity index (χ4v) is 9.38. The number of ether oxygens (including phenoxy) is 1. The minimum absolute atomic E-state index is 0.129. The van der Waals surface area contributed by atoms with Gasteiger partial charge in [0.2, 0.25) is 0 Å². The summed E-state index contributed by atoms with van der Waals surface area (Å²) in [5, 5.41) is 2.52. The standard InChI is InChI=1S/C58H53NO2/c1-9-40-15-20-45(36(2)3)34-52(40)43-23-28-48(29-24-43)61-57(60)44-18-16-41(17-19-44)42-21-25-46(26-22-42)59(55-32-14-39(6)56-38(5)11-10-12-51(55)56)47-27-31-50-49-30-13-37(4)33-53(49)58(7,8)54(50)35-47/h10-36H,9H2,1-8H3. The fourth-order valence-electron chi connectivity index (χ4n) is 9.38. The van der Waals surface area contributed by atoms with E-state index in [2.05, 4.69) is 169 Å². The summed E-state index contributed by atoms with van der Waals surface area (Å²) in [6, 6.07) is 56.1. The molecule has 0 N–H and O–H groups in total. The van der Waals surface area contributed by atoms with Crippen molar-refractivity contribution in [2.24, 2.45) is 0 Å². The van der Waals surface area contributed by atoms with Gasteiger partial charge in [-0.3, -0.25) is 0 Å². The molecule has 8 aromatic rings. The van der Waals surface area contributed by atoms with Gasteiger partial charge in [-0.25, -0.2) is 4.79 Å². The molecule has 0 fully saturated rings. The average Bonchev–Trinajstić information content (AvgIpc) is 3.49. The second-order valence-corrected chi connectivity index (χ2v) is 17.6. The van der Waals surface area contributed by atoms with Crippen molar-refractivity contribution in [3.63, 3.8) is 0 Å². The van der Waals surface area contributed by atoms with Crippen molar-refractivity contribution in [2.45, 2.75) is 73.1 Å². The zero-order chi connectivity index (χ0) is 42.6. The van der Waals surface area contributed by atoms with Crippen LogP contribution in [0.2, 0.25) is 0 Å². The predicted molar refractivity (Wildman–Crippen MR) is 256 cm³/mol. The van der Waals surface area contributed by atoms with Crippen molar-refractivity contribution in [2.75, 3.05) is 4.90 Å². The molecule has 0 saturated carbocycles. The maximum Gasteiger partial charge on any atom is 0.343 e. The molecule has 0 radical (unpaired) electrons. The molecular formula is C58H53NO2. The molecule has 0 saturated heterocycles. The average molecular weight is 796 g/mol. The Morgan fingerprint density at radius 2 is 1.23 bits per heavy atom. The maximum atomic E-state index is 13.3. The molecule has 302 valence electrons. The molecule has 9 rings (SSSR count). The van der Waals surface area contributed by atoms with E-state index in [9.17, 15) is 4.79 Å². The van der Waals surface area contributed by atoms with Crippen LogP contribution in [-0.2, 0) is 11.8 Å². The van der Waals surface area contributed by atoms with Crippen molar-refractivity contribution in [1.29, 1.82) is 0 Å². The van der Waals surface area contributed by atoms with E-state index in [4.69, 9.17) is 4.74 Å². The second kappa shape index (κ2) is 15.7. The molecule has 0 unspecified atom stereocenters. The molecule has 0 aromatic heterocycles. The Balaban J connectivity index is 0.998. The van der Waals surface area contributed by atoms with Crippen LogP contribution in [0.5, 0.6) is 5.75 Å². The zero-order valence-electron chi connectivity index (χ0n) is 36.6. The van der Waals surface area contributed by atoms with Gasteiger partial charge in [0.25, 0.3) is 0 Å². The first-order chi connectivity index (χ1) is 29.4. The number of hydrogen-bond donors (Lipinski definition) is 0. The van der Waals surface area contributed by atoms with Gasteiger partial charge in [-0.1, -0.05) is 143 Å². The van der Waals surface area contributed by atoms with Gasteiger partial charge in [0, 0.05) is 22.2 Å². The van der Waals surface area contributed by atoms with Crippen LogP contribution in [-0.4, -0.2) is 5.97 Å². The number of carbonyl (C=O) groups excluding carboxylic acids is 1. The number of hydrogen-bond acceptors (Lipinski definition) is 3. The van der Waals surface area contributed by atoms with E-state index >= 15 is 0 Å². The molecule has 1 aliphatic carbocycles. The first-order valence-corrected chi connectivity index (χ1v) is 21.6. The van der Waals surface area contributed by atoms with Gasteiger partial charge in [-0.15, -0.1) is 0 Å². The van der Waals surface area contributed by atoms with Gasteiger partial charge >= 0.3 is 5.97 Å². The number of fused-ring (bicyclic) bond motifs is 4. The normalized spacial score (nSPS) is 12.7. The van der Waals surface area contributed by atoms with E-state index < -0.39 is 0 Å². The van der Waals surface area contributed by atoms with Crippen LogP contribution in [0.15, 0.2) is 158 Å². The van der Waals surface area contributed by atoms with E-state index in [0.29, 0.717) is 17.2 Å². The summed E-state index contributed by atoms with van der Waals surface area (Å²) in [6.07, 6.45) is 0.956. The molecule has 1 aliphatic rings. The van der Waals surface area contributed by atoms with Crippen molar-refractivity contribution in [1.82, 2.24) is 0 Å². The van der Waals surface area contributed by atoms with Gasteiger partial charge in [0.15, 0.2) is 0 Å². The van der Waals surface area contributed by atoms with Crippen LogP contribution < -0.4 is 9.64 Å². The van der Waals surface area contributed by atoms with Crippen LogP contribution in [0.25, 0.3) is 44.2 Å². The molecule has 3 nitrogen and oxygen atoms in total. The van der Waals surface area contributed by atoms with Crippen LogP contribution >= 0.6 is 0 Å². The highest BCUT2D eigenvalue weighted by molar-refractivity contribution is 6.02. The third kappa shape index (κ3) is 7.23. The van der Waals surface area contributed by atoms with Crippen LogP contribution in [0.4, 0.5) is 17.1 Å². The van der Waals surface area contributed by atoms with Gasteiger partial charge < -0.3 is 9.64 Å². The maximum absolute atomic E-state index is 13.3. The molecule has 0 atom stereocenters. The number of esters is 1. The van der Waals surface area contributed by atoms with Gasteiger partial charge in [-0.2, -0.15) is 0 Å². The first kappa shape index (κ1) is 39.7. The van der Waals surface area contributed by atoms with E-state index in [0.717, 1.165) is 40.2 Å². The number of rotatable bonds is 9. The topological polar surface area (TPSA) is 29.5 Å². The summed E-state index contributed by atoms with van der Waals surface area (Å²) in [7, 11) is 0. The predicted octanol–water partition coefficient (Wildman–Crippen LogP) is 15.8. The van der Waals surface area contributed by atoms with Crippen molar-refractivity contribution in [3.05, 3.63) is 202 Å². The fraction of sp³-hybridized carbons (Fsp3) is 0.190. The summed E-state index contributed by atoms with van der Waals surface area (Å²) in [5.41, 5.74) is 20.0. The third-order valence-corrected chi connectivity index (χ3v) is 12.9. The Morgan fingerprint density at radius 1 is 0.607 bits per heavy atom. The van der Waals surface area contributed by atoms with E-state index in [-0.39, 0.29) is 11.4 Å². The molecule has 8 aromatic carbocycles. The highest BCUT2D eigenvalue weighted by Gasteiger charge is 2.36. The lowest BCUT2D eigenvalue weighted by atomic mass is 9.82. The molecule has 61 heavy (non-hydrogen) atoms. The number of anilines is 3. The second-order valence-electron chi connectivity index (χ2n) is 17.6. The molecule has 0 amide bonds. The Bertz CT molecular complexity index is 2940.